The zero-order chi connectivity index (χ0) is 23.8. The second-order valence-corrected chi connectivity index (χ2v) is 7.31. The highest BCUT2D eigenvalue weighted by Crippen LogP contribution is 2.35. The van der Waals surface area contributed by atoms with Gasteiger partial charge in [0, 0.05) is 18.0 Å². The highest BCUT2D eigenvalue weighted by Gasteiger charge is 2.37. The molecule has 4 rings (SSSR count). The largest absolute Gasteiger partial charge is 0.468 e. The van der Waals surface area contributed by atoms with E-state index in [-0.39, 0.29) is 39.0 Å². The molecule has 0 fully saturated rings. The fraction of sp³-hybridized carbons (Fsp3) is 0.0909. The summed E-state index contributed by atoms with van der Waals surface area (Å²) in [5.41, 5.74) is 1.03. The lowest BCUT2D eigenvalue weighted by atomic mass is 10.1. The number of carbonyl (C=O) groups excluding carboxylic acids is 3. The number of carbonyl (C=O) groups is 3. The molecule has 3 aromatic rings. The third kappa shape index (κ3) is 4.65. The van der Waals surface area contributed by atoms with Gasteiger partial charge in [0.05, 0.1) is 27.4 Å². The van der Waals surface area contributed by atoms with Crippen molar-refractivity contribution in [2.75, 3.05) is 16.8 Å². The van der Waals surface area contributed by atoms with Gasteiger partial charge in [0.2, 0.25) is 5.88 Å². The molecule has 0 spiro atoms. The molecule has 0 radical (unpaired) electrons. The number of halogens is 4. The van der Waals surface area contributed by atoms with E-state index >= 15 is 0 Å². The van der Waals surface area contributed by atoms with Gasteiger partial charge in [0.25, 0.3) is 17.7 Å². The van der Waals surface area contributed by atoms with Crippen molar-refractivity contribution in [1.29, 1.82) is 0 Å². The highest BCUT2D eigenvalue weighted by atomic mass is 35.5. The molecule has 0 saturated carbocycles. The van der Waals surface area contributed by atoms with Crippen LogP contribution in [0.15, 0.2) is 60.8 Å². The SMILES string of the molecule is O=C(Nc1ccc(N2C(=O)c3ccccc3C2=O)c(Cl)c1)c1ccc(OCC(F)(F)F)nc1. The number of nitrogens with one attached hydrogen (secondary N) is 1. The van der Waals surface area contributed by atoms with E-state index in [9.17, 15) is 27.6 Å². The van der Waals surface area contributed by atoms with Crippen molar-refractivity contribution in [2.24, 2.45) is 0 Å². The predicted octanol–water partition coefficient (Wildman–Crippen LogP) is 4.73. The number of rotatable bonds is 5. The molecule has 0 bridgehead atoms. The molecule has 7 nitrogen and oxygen atoms in total. The van der Waals surface area contributed by atoms with E-state index in [0.717, 1.165) is 17.2 Å². The van der Waals surface area contributed by atoms with Gasteiger partial charge in [-0.05, 0) is 36.4 Å². The van der Waals surface area contributed by atoms with Crippen LogP contribution < -0.4 is 15.0 Å². The molecule has 168 valence electrons. The Morgan fingerprint density at radius 2 is 1.70 bits per heavy atom. The van der Waals surface area contributed by atoms with Gasteiger partial charge in [-0.25, -0.2) is 9.88 Å². The Morgan fingerprint density at radius 1 is 1.03 bits per heavy atom. The first-order valence-corrected chi connectivity index (χ1v) is 9.76. The molecule has 11 heteroatoms. The first kappa shape index (κ1) is 22.3. The zero-order valence-corrected chi connectivity index (χ0v) is 17.3. The summed E-state index contributed by atoms with van der Waals surface area (Å²) in [5.74, 6) is -1.90. The third-order valence-electron chi connectivity index (χ3n) is 4.62. The van der Waals surface area contributed by atoms with Gasteiger partial charge in [0.1, 0.15) is 0 Å². The minimum Gasteiger partial charge on any atom is -0.468 e. The number of fused-ring (bicyclic) bond motifs is 1. The number of imide groups is 1. The number of anilines is 2. The summed E-state index contributed by atoms with van der Waals surface area (Å²) < 4.78 is 41.1. The van der Waals surface area contributed by atoms with E-state index in [2.05, 4.69) is 15.0 Å². The van der Waals surface area contributed by atoms with Crippen LogP contribution in [0.3, 0.4) is 0 Å². The Labute approximate surface area is 189 Å². The topological polar surface area (TPSA) is 88.6 Å². The number of amides is 3. The van der Waals surface area contributed by atoms with E-state index in [4.69, 9.17) is 11.6 Å². The van der Waals surface area contributed by atoms with Crippen molar-refractivity contribution in [2.45, 2.75) is 6.18 Å². The highest BCUT2D eigenvalue weighted by molar-refractivity contribution is 6.40. The molecule has 1 N–H and O–H groups in total. The normalized spacial score (nSPS) is 13.2. The number of pyridine rings is 1. The van der Waals surface area contributed by atoms with Crippen LogP contribution in [0.5, 0.6) is 5.88 Å². The standard InChI is InChI=1S/C22H13ClF3N3O4/c23-16-9-13(28-19(30)12-5-8-18(27-10-12)33-11-22(24,25)26)6-7-17(16)29-20(31)14-3-1-2-4-15(14)21(29)32/h1-10H,11H2,(H,28,30). The molecule has 2 heterocycles. The van der Waals surface area contributed by atoms with E-state index in [1.165, 1.54) is 24.3 Å². The fourth-order valence-electron chi connectivity index (χ4n) is 3.13. The molecular formula is C22H13ClF3N3O4. The minimum atomic E-state index is -4.50. The van der Waals surface area contributed by atoms with E-state index in [1.54, 1.807) is 24.3 Å². The quantitative estimate of drug-likeness (QED) is 0.539. The molecule has 1 aliphatic heterocycles. The van der Waals surface area contributed by atoms with E-state index in [1.807, 2.05) is 0 Å². The van der Waals surface area contributed by atoms with Gasteiger partial charge in [-0.3, -0.25) is 14.4 Å². The lowest BCUT2D eigenvalue weighted by Gasteiger charge is -2.16. The van der Waals surface area contributed by atoms with Gasteiger partial charge < -0.3 is 10.1 Å². The Morgan fingerprint density at radius 3 is 2.24 bits per heavy atom. The Hall–Kier alpha value is -3.92. The Balaban J connectivity index is 1.46. The van der Waals surface area contributed by atoms with Crippen molar-refractivity contribution in [3.8, 4) is 5.88 Å². The molecule has 0 saturated heterocycles. The first-order valence-electron chi connectivity index (χ1n) is 9.38. The smallest absolute Gasteiger partial charge is 0.422 e. The summed E-state index contributed by atoms with van der Waals surface area (Å²) in [6.07, 6.45) is -3.44. The van der Waals surface area contributed by atoms with Crippen LogP contribution in [0.4, 0.5) is 24.5 Å². The monoisotopic (exact) mass is 475 g/mol. The number of benzene rings is 2. The number of hydrogen-bond acceptors (Lipinski definition) is 5. The van der Waals surface area contributed by atoms with Crippen LogP contribution in [0, 0.1) is 0 Å². The molecule has 1 aromatic heterocycles. The maximum absolute atomic E-state index is 12.6. The number of nitrogens with zero attached hydrogens (tertiary/aromatic N) is 2. The van der Waals surface area contributed by atoms with E-state index in [0.29, 0.717) is 0 Å². The molecule has 0 aliphatic carbocycles. The van der Waals surface area contributed by atoms with Gasteiger partial charge in [0.15, 0.2) is 6.61 Å². The molecule has 0 atom stereocenters. The molecule has 2 aromatic carbocycles. The number of hydrogen-bond donors (Lipinski definition) is 1. The van der Waals surface area contributed by atoms with E-state index < -0.39 is 30.5 Å². The summed E-state index contributed by atoms with van der Waals surface area (Å²) in [4.78, 5) is 42.3. The van der Waals surface area contributed by atoms with Crippen LogP contribution in [0.25, 0.3) is 0 Å². The Kier molecular flexibility index (Phi) is 5.77. The average molecular weight is 476 g/mol. The van der Waals surface area contributed by atoms with Gasteiger partial charge in [-0.1, -0.05) is 23.7 Å². The lowest BCUT2D eigenvalue weighted by Crippen LogP contribution is -2.29. The Bertz CT molecular complexity index is 1230. The summed E-state index contributed by atoms with van der Waals surface area (Å²) >= 11 is 6.29. The van der Waals surface area contributed by atoms with Crippen molar-refractivity contribution in [3.63, 3.8) is 0 Å². The summed E-state index contributed by atoms with van der Waals surface area (Å²) in [7, 11) is 0. The van der Waals surface area contributed by atoms with Crippen LogP contribution in [-0.4, -0.2) is 35.5 Å². The van der Waals surface area contributed by atoms with Crippen molar-refractivity contribution in [3.05, 3.63) is 82.5 Å². The lowest BCUT2D eigenvalue weighted by molar-refractivity contribution is -0.154. The van der Waals surface area contributed by atoms with Crippen molar-refractivity contribution < 1.29 is 32.3 Å². The second kappa shape index (κ2) is 8.55. The molecule has 33 heavy (non-hydrogen) atoms. The van der Waals surface area contributed by atoms with Gasteiger partial charge in [-0.2, -0.15) is 13.2 Å². The number of ether oxygens (including phenoxy) is 1. The van der Waals surface area contributed by atoms with Crippen LogP contribution in [0.2, 0.25) is 5.02 Å². The summed E-state index contributed by atoms with van der Waals surface area (Å²) in [6.45, 7) is -1.50. The molecule has 3 amide bonds. The molecular weight excluding hydrogens is 463 g/mol. The van der Waals surface area contributed by atoms with Crippen LogP contribution in [0.1, 0.15) is 31.1 Å². The van der Waals surface area contributed by atoms with Crippen LogP contribution in [-0.2, 0) is 0 Å². The maximum atomic E-state index is 12.6. The maximum Gasteiger partial charge on any atom is 0.422 e. The third-order valence-corrected chi connectivity index (χ3v) is 4.93. The zero-order valence-electron chi connectivity index (χ0n) is 16.5. The van der Waals surface area contributed by atoms with Crippen molar-refractivity contribution >= 4 is 40.7 Å². The predicted molar refractivity (Wildman–Crippen MR) is 113 cm³/mol. The first-order chi connectivity index (χ1) is 15.6. The average Bonchev–Trinajstić information content (AvgIpc) is 3.03. The van der Waals surface area contributed by atoms with Gasteiger partial charge in [-0.15, -0.1) is 0 Å². The number of alkyl halides is 3. The fourth-order valence-corrected chi connectivity index (χ4v) is 3.40. The number of aromatic nitrogens is 1. The molecule has 1 aliphatic rings. The van der Waals surface area contributed by atoms with Crippen molar-refractivity contribution in [1.82, 2.24) is 4.98 Å². The van der Waals surface area contributed by atoms with Crippen LogP contribution >= 0.6 is 11.6 Å². The molecule has 0 unspecified atom stereocenters. The second-order valence-electron chi connectivity index (χ2n) is 6.90. The minimum absolute atomic E-state index is 0.0522. The van der Waals surface area contributed by atoms with Gasteiger partial charge >= 0.3 is 6.18 Å². The summed E-state index contributed by atoms with van der Waals surface area (Å²) in [6, 6.07) is 13.0. The summed E-state index contributed by atoms with van der Waals surface area (Å²) in [5, 5.41) is 2.61.